The van der Waals surface area contributed by atoms with Gasteiger partial charge in [-0.2, -0.15) is 0 Å². The van der Waals surface area contributed by atoms with E-state index >= 15 is 0 Å². The smallest absolute Gasteiger partial charge is 0.413 e. The van der Waals surface area contributed by atoms with Gasteiger partial charge in [0.15, 0.2) is 6.61 Å². The van der Waals surface area contributed by atoms with Crippen molar-refractivity contribution in [3.8, 4) is 21.8 Å². The van der Waals surface area contributed by atoms with E-state index in [9.17, 15) is 14.4 Å². The summed E-state index contributed by atoms with van der Waals surface area (Å²) in [5.41, 5.74) is 2.10. The Balaban J connectivity index is 1.81. The summed E-state index contributed by atoms with van der Waals surface area (Å²) in [4.78, 5) is 40.6. The molecule has 0 radical (unpaired) electrons. The first-order valence-corrected chi connectivity index (χ1v) is 9.65. The van der Waals surface area contributed by atoms with E-state index in [0.717, 1.165) is 11.1 Å². The maximum Gasteiger partial charge on any atom is 0.413 e. The first kappa shape index (κ1) is 20.2. The van der Waals surface area contributed by atoms with Crippen molar-refractivity contribution in [1.29, 1.82) is 0 Å². The fraction of sp³-hybridized carbons (Fsp3) is 0.143. The van der Waals surface area contributed by atoms with Gasteiger partial charge in [-0.1, -0.05) is 60.7 Å². The van der Waals surface area contributed by atoms with E-state index < -0.39 is 24.6 Å². The Morgan fingerprint density at radius 1 is 0.931 bits per heavy atom. The number of carbonyl (C=O) groups excluding carboxylic acids is 3. The predicted octanol–water partition coefficient (Wildman–Crippen LogP) is 3.91. The summed E-state index contributed by atoms with van der Waals surface area (Å²) in [6.45, 7) is 1.14. The second-order valence-corrected chi connectivity index (χ2v) is 6.77. The summed E-state index contributed by atoms with van der Waals surface area (Å²) in [5, 5.41) is 2.64. The van der Waals surface area contributed by atoms with E-state index in [0.29, 0.717) is 10.7 Å². The van der Waals surface area contributed by atoms with Crippen molar-refractivity contribution >= 4 is 29.3 Å². The predicted molar refractivity (Wildman–Crippen MR) is 108 cm³/mol. The molecule has 0 saturated carbocycles. The van der Waals surface area contributed by atoms with E-state index in [2.05, 4.69) is 9.72 Å². The Hall–Kier alpha value is -3.52. The monoisotopic (exact) mass is 410 g/mol. The number of imide groups is 1. The number of ether oxygens (including phenoxy) is 2. The van der Waals surface area contributed by atoms with E-state index in [1.54, 1.807) is 6.92 Å². The largest absolute Gasteiger partial charge is 0.451 e. The van der Waals surface area contributed by atoms with Crippen LogP contribution in [0.2, 0.25) is 0 Å². The Labute approximate surface area is 171 Å². The third kappa shape index (κ3) is 5.26. The minimum atomic E-state index is -0.886. The van der Waals surface area contributed by atoms with Crippen LogP contribution in [0.4, 0.5) is 4.79 Å². The summed E-state index contributed by atoms with van der Waals surface area (Å²) in [6.07, 6.45) is -0.886. The molecule has 1 N–H and O–H groups in total. The van der Waals surface area contributed by atoms with Crippen LogP contribution in [0.25, 0.3) is 21.8 Å². The van der Waals surface area contributed by atoms with E-state index in [4.69, 9.17) is 4.74 Å². The number of hydrogen-bond acceptors (Lipinski definition) is 7. The molecule has 0 aliphatic heterocycles. The molecule has 0 bridgehead atoms. The number of benzene rings is 2. The molecule has 148 valence electrons. The molecule has 1 aromatic heterocycles. The summed E-state index contributed by atoms with van der Waals surface area (Å²) < 4.78 is 9.71. The highest BCUT2D eigenvalue weighted by molar-refractivity contribution is 7.17. The van der Waals surface area contributed by atoms with Gasteiger partial charge in [0.25, 0.3) is 5.91 Å². The molecule has 0 saturated heterocycles. The number of thiazole rings is 1. The fourth-order valence-corrected chi connectivity index (χ4v) is 3.45. The lowest BCUT2D eigenvalue weighted by atomic mass is 10.1. The number of rotatable bonds is 6. The van der Waals surface area contributed by atoms with Gasteiger partial charge >= 0.3 is 12.1 Å². The van der Waals surface area contributed by atoms with Gasteiger partial charge in [0.2, 0.25) is 0 Å². The zero-order valence-corrected chi connectivity index (χ0v) is 16.4. The molecule has 3 rings (SSSR count). The standard InChI is InChI=1S/C21H18N2O5S/c1-2-27-21(26)22-16(24)13-28-20(25)18-17(14-9-5-3-6-10-14)23-19(29-18)15-11-7-4-8-12-15/h3-12H,2,13H2,1H3,(H,22,24,26). The van der Waals surface area contributed by atoms with Crippen molar-refractivity contribution in [2.24, 2.45) is 0 Å². The average Bonchev–Trinajstić information content (AvgIpc) is 3.19. The lowest BCUT2D eigenvalue weighted by Crippen LogP contribution is -2.34. The zero-order chi connectivity index (χ0) is 20.6. The van der Waals surface area contributed by atoms with Crippen molar-refractivity contribution in [2.75, 3.05) is 13.2 Å². The number of aromatic nitrogens is 1. The number of alkyl carbamates (subject to hydrolysis) is 1. The highest BCUT2D eigenvalue weighted by atomic mass is 32.1. The molecule has 0 aliphatic rings. The Morgan fingerprint density at radius 2 is 1.55 bits per heavy atom. The molecule has 7 nitrogen and oxygen atoms in total. The van der Waals surface area contributed by atoms with E-state index in [-0.39, 0.29) is 11.5 Å². The van der Waals surface area contributed by atoms with Crippen molar-refractivity contribution in [3.63, 3.8) is 0 Å². The second kappa shape index (κ2) is 9.61. The third-order valence-electron chi connectivity index (χ3n) is 3.73. The maximum atomic E-state index is 12.7. The summed E-state index contributed by atoms with van der Waals surface area (Å²) >= 11 is 1.18. The summed E-state index contributed by atoms with van der Waals surface area (Å²) in [6, 6.07) is 18.7. The topological polar surface area (TPSA) is 94.6 Å². The van der Waals surface area contributed by atoms with Crippen LogP contribution in [-0.2, 0) is 14.3 Å². The quantitative estimate of drug-likeness (QED) is 0.619. The average molecular weight is 410 g/mol. The van der Waals surface area contributed by atoms with Crippen molar-refractivity contribution in [3.05, 3.63) is 65.5 Å². The van der Waals surface area contributed by atoms with Gasteiger partial charge in [0.05, 0.1) is 12.3 Å². The van der Waals surface area contributed by atoms with E-state index in [1.165, 1.54) is 11.3 Å². The van der Waals surface area contributed by atoms with Crippen LogP contribution < -0.4 is 5.32 Å². The number of nitrogens with one attached hydrogen (secondary N) is 1. The zero-order valence-electron chi connectivity index (χ0n) is 15.6. The molecular weight excluding hydrogens is 392 g/mol. The molecule has 1 heterocycles. The Kier molecular flexibility index (Phi) is 6.70. The molecule has 0 fully saturated rings. The first-order valence-electron chi connectivity index (χ1n) is 8.84. The fourth-order valence-electron chi connectivity index (χ4n) is 2.47. The maximum absolute atomic E-state index is 12.7. The van der Waals surface area contributed by atoms with Gasteiger partial charge in [-0.25, -0.2) is 14.6 Å². The minimum absolute atomic E-state index is 0.127. The van der Waals surface area contributed by atoms with Crippen LogP contribution in [0.3, 0.4) is 0 Å². The molecule has 0 atom stereocenters. The molecule has 0 aliphatic carbocycles. The second-order valence-electron chi connectivity index (χ2n) is 5.77. The number of esters is 1. The number of nitrogens with zero attached hydrogens (tertiary/aromatic N) is 1. The molecule has 8 heteroatoms. The molecule has 0 spiro atoms. The minimum Gasteiger partial charge on any atom is -0.451 e. The highest BCUT2D eigenvalue weighted by Crippen LogP contribution is 2.34. The van der Waals surface area contributed by atoms with Crippen LogP contribution >= 0.6 is 11.3 Å². The van der Waals surface area contributed by atoms with Gasteiger partial charge in [-0.3, -0.25) is 10.1 Å². The molecule has 2 amide bonds. The van der Waals surface area contributed by atoms with Crippen LogP contribution in [0.15, 0.2) is 60.7 Å². The van der Waals surface area contributed by atoms with Gasteiger partial charge in [-0.15, -0.1) is 11.3 Å². The number of carbonyl (C=O) groups is 3. The van der Waals surface area contributed by atoms with Crippen LogP contribution in [0.1, 0.15) is 16.6 Å². The molecule has 0 unspecified atom stereocenters. The Bertz CT molecular complexity index is 1000. The summed E-state index contributed by atoms with van der Waals surface area (Å²) in [7, 11) is 0. The number of hydrogen-bond donors (Lipinski definition) is 1. The van der Waals surface area contributed by atoms with Crippen LogP contribution in [-0.4, -0.2) is 36.2 Å². The molecular formula is C21H18N2O5S. The van der Waals surface area contributed by atoms with Crippen molar-refractivity contribution in [1.82, 2.24) is 10.3 Å². The van der Waals surface area contributed by atoms with Gasteiger partial charge < -0.3 is 9.47 Å². The third-order valence-corrected chi connectivity index (χ3v) is 4.82. The van der Waals surface area contributed by atoms with Gasteiger partial charge in [0.1, 0.15) is 9.88 Å². The lowest BCUT2D eigenvalue weighted by molar-refractivity contribution is -0.123. The molecule has 29 heavy (non-hydrogen) atoms. The Morgan fingerprint density at radius 3 is 2.17 bits per heavy atom. The van der Waals surface area contributed by atoms with Crippen LogP contribution in [0, 0.1) is 0 Å². The normalized spacial score (nSPS) is 10.2. The highest BCUT2D eigenvalue weighted by Gasteiger charge is 2.22. The molecule has 3 aromatic rings. The van der Waals surface area contributed by atoms with Crippen molar-refractivity contribution in [2.45, 2.75) is 6.92 Å². The van der Waals surface area contributed by atoms with E-state index in [1.807, 2.05) is 66.0 Å². The first-order chi connectivity index (χ1) is 14.1. The summed E-state index contributed by atoms with van der Waals surface area (Å²) in [5.74, 6) is -1.46. The molecule has 2 aromatic carbocycles. The SMILES string of the molecule is CCOC(=O)NC(=O)COC(=O)c1sc(-c2ccccc2)nc1-c1ccccc1. The van der Waals surface area contributed by atoms with Crippen molar-refractivity contribution < 1.29 is 23.9 Å². The lowest BCUT2D eigenvalue weighted by Gasteiger charge is -2.06. The number of amides is 2. The van der Waals surface area contributed by atoms with Gasteiger partial charge in [0, 0.05) is 11.1 Å². The van der Waals surface area contributed by atoms with Crippen LogP contribution in [0.5, 0.6) is 0 Å². The van der Waals surface area contributed by atoms with Gasteiger partial charge in [-0.05, 0) is 6.92 Å².